The Labute approximate surface area is 107 Å². The lowest BCUT2D eigenvalue weighted by atomic mass is 10.2. The first-order valence-electron chi connectivity index (χ1n) is 6.02. The van der Waals surface area contributed by atoms with E-state index in [9.17, 15) is 0 Å². The molecular formula is C13H19N5. The van der Waals surface area contributed by atoms with Crippen LogP contribution in [0.5, 0.6) is 0 Å². The van der Waals surface area contributed by atoms with E-state index in [0.717, 1.165) is 17.1 Å². The molecule has 0 aromatic carbocycles. The van der Waals surface area contributed by atoms with Crippen molar-refractivity contribution < 1.29 is 0 Å². The van der Waals surface area contributed by atoms with Crippen LogP contribution in [0, 0.1) is 27.7 Å². The van der Waals surface area contributed by atoms with Gasteiger partial charge in [0, 0.05) is 36.2 Å². The number of aryl methyl sites for hydroxylation is 4. The minimum absolute atomic E-state index is 0.676. The Bertz CT molecular complexity index is 551. The number of nitrogens with zero attached hydrogens (tertiary/aromatic N) is 4. The van der Waals surface area contributed by atoms with Gasteiger partial charge >= 0.3 is 0 Å². The quantitative estimate of drug-likeness (QED) is 0.899. The Morgan fingerprint density at radius 1 is 1.11 bits per heavy atom. The zero-order valence-electron chi connectivity index (χ0n) is 11.6. The lowest BCUT2D eigenvalue weighted by Gasteiger charge is -2.07. The molecule has 0 atom stereocenters. The van der Waals surface area contributed by atoms with Crippen molar-refractivity contribution in [2.24, 2.45) is 7.05 Å². The molecule has 0 amide bonds. The normalized spacial score (nSPS) is 10.7. The summed E-state index contributed by atoms with van der Waals surface area (Å²) in [6.07, 6.45) is 0. The molecule has 2 heterocycles. The maximum absolute atomic E-state index is 4.39. The van der Waals surface area contributed by atoms with E-state index in [1.165, 1.54) is 11.3 Å². The molecule has 18 heavy (non-hydrogen) atoms. The second kappa shape index (κ2) is 4.76. The monoisotopic (exact) mass is 245 g/mol. The van der Waals surface area contributed by atoms with Crippen LogP contribution in [0.15, 0.2) is 6.07 Å². The van der Waals surface area contributed by atoms with Gasteiger partial charge in [0.25, 0.3) is 0 Å². The van der Waals surface area contributed by atoms with Gasteiger partial charge < -0.3 is 5.32 Å². The van der Waals surface area contributed by atoms with E-state index >= 15 is 0 Å². The zero-order valence-corrected chi connectivity index (χ0v) is 11.6. The van der Waals surface area contributed by atoms with Crippen molar-refractivity contribution in [2.45, 2.75) is 34.2 Å². The highest BCUT2D eigenvalue weighted by Gasteiger charge is 2.09. The number of anilines is 1. The summed E-state index contributed by atoms with van der Waals surface area (Å²) in [7, 11) is 1.96. The van der Waals surface area contributed by atoms with Crippen molar-refractivity contribution in [1.29, 1.82) is 0 Å². The molecule has 0 radical (unpaired) electrons. The van der Waals surface area contributed by atoms with Crippen LogP contribution in [0.2, 0.25) is 0 Å². The predicted octanol–water partition coefficient (Wildman–Crippen LogP) is 2.06. The van der Waals surface area contributed by atoms with Gasteiger partial charge in [-0.1, -0.05) is 0 Å². The summed E-state index contributed by atoms with van der Waals surface area (Å²) in [5.41, 5.74) is 5.38. The first-order valence-corrected chi connectivity index (χ1v) is 6.02. The van der Waals surface area contributed by atoms with Crippen molar-refractivity contribution in [3.8, 4) is 0 Å². The van der Waals surface area contributed by atoms with Crippen LogP contribution in [0.3, 0.4) is 0 Å². The van der Waals surface area contributed by atoms with Crippen molar-refractivity contribution >= 4 is 5.95 Å². The van der Waals surface area contributed by atoms with Crippen LogP contribution in [-0.2, 0) is 13.6 Å². The highest BCUT2D eigenvalue weighted by Crippen LogP contribution is 2.13. The summed E-state index contributed by atoms with van der Waals surface area (Å²) in [6, 6.07) is 1.96. The fourth-order valence-corrected chi connectivity index (χ4v) is 2.05. The Morgan fingerprint density at radius 2 is 1.72 bits per heavy atom. The molecular weight excluding hydrogens is 226 g/mol. The molecule has 0 bridgehead atoms. The topological polar surface area (TPSA) is 55.6 Å². The zero-order chi connectivity index (χ0) is 13.3. The summed E-state index contributed by atoms with van der Waals surface area (Å²) in [6.45, 7) is 8.74. The molecule has 5 nitrogen and oxygen atoms in total. The highest BCUT2D eigenvalue weighted by atomic mass is 15.3. The molecule has 0 spiro atoms. The van der Waals surface area contributed by atoms with Gasteiger partial charge in [-0.25, -0.2) is 9.97 Å². The van der Waals surface area contributed by atoms with Crippen LogP contribution < -0.4 is 5.32 Å². The van der Waals surface area contributed by atoms with Gasteiger partial charge in [0.2, 0.25) is 5.95 Å². The molecule has 0 saturated carbocycles. The fourth-order valence-electron chi connectivity index (χ4n) is 2.05. The third-order valence-corrected chi connectivity index (χ3v) is 3.06. The van der Waals surface area contributed by atoms with Gasteiger partial charge in [0.15, 0.2) is 0 Å². The lowest BCUT2D eigenvalue weighted by Crippen LogP contribution is -2.06. The van der Waals surface area contributed by atoms with Gasteiger partial charge in [-0.3, -0.25) is 4.68 Å². The standard InChI is InChI=1S/C13H19N5/c1-8-6-9(2)16-13(15-8)14-7-12-10(3)17-18(5)11(12)4/h6H,7H2,1-5H3,(H,14,15,16). The molecule has 5 heteroatoms. The van der Waals surface area contributed by atoms with Crippen LogP contribution >= 0.6 is 0 Å². The molecule has 0 saturated heterocycles. The third kappa shape index (κ3) is 2.50. The minimum atomic E-state index is 0.676. The van der Waals surface area contributed by atoms with Crippen molar-refractivity contribution in [3.63, 3.8) is 0 Å². The van der Waals surface area contributed by atoms with Gasteiger partial charge in [-0.2, -0.15) is 5.10 Å². The third-order valence-electron chi connectivity index (χ3n) is 3.06. The van der Waals surface area contributed by atoms with E-state index in [1.54, 1.807) is 0 Å². The molecule has 2 aromatic rings. The first-order chi connectivity index (χ1) is 8.47. The number of hydrogen-bond donors (Lipinski definition) is 1. The van der Waals surface area contributed by atoms with Gasteiger partial charge in [0.1, 0.15) is 0 Å². The van der Waals surface area contributed by atoms with E-state index in [2.05, 4.69) is 27.3 Å². The van der Waals surface area contributed by atoms with Gasteiger partial charge in [-0.05, 0) is 33.8 Å². The minimum Gasteiger partial charge on any atom is -0.350 e. The number of aromatic nitrogens is 4. The van der Waals surface area contributed by atoms with Crippen LogP contribution in [0.25, 0.3) is 0 Å². The predicted molar refractivity (Wildman–Crippen MR) is 71.5 cm³/mol. The Morgan fingerprint density at radius 3 is 2.22 bits per heavy atom. The van der Waals surface area contributed by atoms with Gasteiger partial charge in [0.05, 0.1) is 5.69 Å². The molecule has 0 unspecified atom stereocenters. The molecule has 0 aliphatic rings. The summed E-state index contributed by atoms with van der Waals surface area (Å²) < 4.78 is 1.90. The largest absolute Gasteiger partial charge is 0.350 e. The number of hydrogen-bond acceptors (Lipinski definition) is 4. The second-order valence-electron chi connectivity index (χ2n) is 4.60. The van der Waals surface area contributed by atoms with Crippen molar-refractivity contribution in [1.82, 2.24) is 19.7 Å². The second-order valence-corrected chi connectivity index (χ2v) is 4.60. The van der Waals surface area contributed by atoms with E-state index in [1.807, 2.05) is 38.6 Å². The first kappa shape index (κ1) is 12.5. The Balaban J connectivity index is 2.16. The van der Waals surface area contributed by atoms with Crippen molar-refractivity contribution in [3.05, 3.63) is 34.4 Å². The van der Waals surface area contributed by atoms with E-state index in [0.29, 0.717) is 12.5 Å². The molecule has 1 N–H and O–H groups in total. The average molecular weight is 245 g/mol. The number of rotatable bonds is 3. The smallest absolute Gasteiger partial charge is 0.223 e. The summed E-state index contributed by atoms with van der Waals surface area (Å²) in [5, 5.41) is 7.66. The molecule has 96 valence electrons. The number of nitrogens with one attached hydrogen (secondary N) is 1. The van der Waals surface area contributed by atoms with Crippen LogP contribution in [-0.4, -0.2) is 19.7 Å². The van der Waals surface area contributed by atoms with Crippen molar-refractivity contribution in [2.75, 3.05) is 5.32 Å². The molecule has 2 rings (SSSR count). The molecule has 2 aromatic heterocycles. The molecule has 0 aliphatic heterocycles. The summed E-state index contributed by atoms with van der Waals surface area (Å²) in [5.74, 6) is 0.676. The highest BCUT2D eigenvalue weighted by molar-refractivity contribution is 5.33. The summed E-state index contributed by atoms with van der Waals surface area (Å²) >= 11 is 0. The van der Waals surface area contributed by atoms with Crippen LogP contribution in [0.1, 0.15) is 28.3 Å². The fraction of sp³-hybridized carbons (Fsp3) is 0.462. The van der Waals surface area contributed by atoms with E-state index in [4.69, 9.17) is 0 Å². The van der Waals surface area contributed by atoms with E-state index < -0.39 is 0 Å². The SMILES string of the molecule is Cc1cc(C)nc(NCc2c(C)nn(C)c2C)n1. The Kier molecular flexibility index (Phi) is 3.32. The van der Waals surface area contributed by atoms with Crippen LogP contribution in [0.4, 0.5) is 5.95 Å². The van der Waals surface area contributed by atoms with E-state index in [-0.39, 0.29) is 0 Å². The molecule has 0 fully saturated rings. The Hall–Kier alpha value is -1.91. The van der Waals surface area contributed by atoms with Gasteiger partial charge in [-0.15, -0.1) is 0 Å². The maximum atomic E-state index is 4.39. The maximum Gasteiger partial charge on any atom is 0.223 e. The summed E-state index contributed by atoms with van der Waals surface area (Å²) in [4.78, 5) is 8.73. The lowest BCUT2D eigenvalue weighted by molar-refractivity contribution is 0.730. The average Bonchev–Trinajstić information content (AvgIpc) is 2.50. The molecule has 0 aliphatic carbocycles.